The second kappa shape index (κ2) is 4.92. The van der Waals surface area contributed by atoms with Crippen LogP contribution in [0.3, 0.4) is 0 Å². The van der Waals surface area contributed by atoms with Crippen LogP contribution < -0.4 is 11.1 Å². The Balaban J connectivity index is 1.95. The van der Waals surface area contributed by atoms with Crippen LogP contribution in [0.15, 0.2) is 24.5 Å². The van der Waals surface area contributed by atoms with Crippen LogP contribution in [0.25, 0.3) is 0 Å². The summed E-state index contributed by atoms with van der Waals surface area (Å²) in [6.07, 6.45) is 3.23. The van der Waals surface area contributed by atoms with Crippen molar-refractivity contribution in [2.45, 2.75) is 13.5 Å². The lowest BCUT2D eigenvalue weighted by atomic mass is 10.2. The van der Waals surface area contributed by atoms with Crippen LogP contribution in [0, 0.1) is 6.92 Å². The van der Waals surface area contributed by atoms with Gasteiger partial charge < -0.3 is 11.1 Å². The third kappa shape index (κ3) is 3.01. The summed E-state index contributed by atoms with van der Waals surface area (Å²) in [5.74, 6) is 0.239. The molecule has 2 rings (SSSR count). The summed E-state index contributed by atoms with van der Waals surface area (Å²) in [4.78, 5) is 20.7. The Hall–Kier alpha value is -1.95. The molecule has 0 radical (unpaired) electrons. The van der Waals surface area contributed by atoms with Gasteiger partial charge in [0.25, 0.3) is 5.91 Å². The molecule has 0 aliphatic rings. The Bertz CT molecular complexity index is 521. The first-order valence-corrected chi connectivity index (χ1v) is 5.88. The van der Waals surface area contributed by atoms with Crippen LogP contribution >= 0.6 is 11.3 Å². The van der Waals surface area contributed by atoms with Crippen molar-refractivity contribution in [2.24, 2.45) is 0 Å². The minimum absolute atomic E-state index is 0.163. The summed E-state index contributed by atoms with van der Waals surface area (Å²) in [5.41, 5.74) is 5.95. The first-order valence-electron chi connectivity index (χ1n) is 5.06. The van der Waals surface area contributed by atoms with Crippen molar-refractivity contribution >= 4 is 23.1 Å². The van der Waals surface area contributed by atoms with Gasteiger partial charge in [-0.05, 0) is 19.1 Å². The van der Waals surface area contributed by atoms with Gasteiger partial charge in [0.15, 0.2) is 0 Å². The Morgan fingerprint density at radius 3 is 2.82 bits per heavy atom. The minimum Gasteiger partial charge on any atom is -0.384 e. The summed E-state index contributed by atoms with van der Waals surface area (Å²) < 4.78 is 0. The average Bonchev–Trinajstić information content (AvgIpc) is 2.73. The number of aryl methyl sites for hydroxylation is 1. The molecule has 0 aliphatic carbocycles. The van der Waals surface area contributed by atoms with Crippen molar-refractivity contribution in [1.29, 1.82) is 0 Å². The molecule has 1 amide bonds. The lowest BCUT2D eigenvalue weighted by Crippen LogP contribution is -2.22. The highest BCUT2D eigenvalue weighted by Gasteiger charge is 2.06. The standard InChI is InChI=1S/C11H12N4OS/c1-7-13-5-9(17-7)6-15-11(16)8-2-3-10(12)14-4-8/h2-5H,6H2,1H3,(H2,12,14)(H,15,16). The molecule has 5 nitrogen and oxygen atoms in total. The maximum absolute atomic E-state index is 11.7. The fraction of sp³-hybridized carbons (Fsp3) is 0.182. The highest BCUT2D eigenvalue weighted by atomic mass is 32.1. The summed E-state index contributed by atoms with van der Waals surface area (Å²) >= 11 is 1.57. The van der Waals surface area contributed by atoms with Crippen molar-refractivity contribution < 1.29 is 4.79 Å². The number of rotatable bonds is 3. The number of carbonyl (C=O) groups is 1. The monoisotopic (exact) mass is 248 g/mol. The molecule has 88 valence electrons. The van der Waals surface area contributed by atoms with Crippen molar-refractivity contribution in [3.05, 3.63) is 40.0 Å². The topological polar surface area (TPSA) is 80.9 Å². The number of aromatic nitrogens is 2. The summed E-state index contributed by atoms with van der Waals surface area (Å²) in [6, 6.07) is 3.25. The normalized spacial score (nSPS) is 10.2. The number of nitrogens with zero attached hydrogens (tertiary/aromatic N) is 2. The molecule has 0 aliphatic heterocycles. The second-order valence-electron chi connectivity index (χ2n) is 3.50. The van der Waals surface area contributed by atoms with E-state index < -0.39 is 0 Å². The lowest BCUT2D eigenvalue weighted by Gasteiger charge is -2.02. The van der Waals surface area contributed by atoms with Crippen LogP contribution in [-0.2, 0) is 6.54 Å². The van der Waals surface area contributed by atoms with Crippen molar-refractivity contribution in [3.63, 3.8) is 0 Å². The molecule has 0 saturated heterocycles. The average molecular weight is 248 g/mol. The molecule has 0 spiro atoms. The fourth-order valence-corrected chi connectivity index (χ4v) is 2.03. The van der Waals surface area contributed by atoms with Gasteiger partial charge in [0.2, 0.25) is 0 Å². The van der Waals surface area contributed by atoms with E-state index in [0.717, 1.165) is 9.88 Å². The number of anilines is 1. The molecule has 0 atom stereocenters. The predicted molar refractivity (Wildman–Crippen MR) is 66.7 cm³/mol. The van der Waals surface area contributed by atoms with Crippen LogP contribution in [0.4, 0.5) is 5.82 Å². The van der Waals surface area contributed by atoms with Crippen LogP contribution in [0.5, 0.6) is 0 Å². The van der Waals surface area contributed by atoms with Crippen molar-refractivity contribution in [2.75, 3.05) is 5.73 Å². The molecule has 6 heteroatoms. The van der Waals surface area contributed by atoms with Crippen LogP contribution in [0.1, 0.15) is 20.2 Å². The zero-order chi connectivity index (χ0) is 12.3. The molecular weight excluding hydrogens is 236 g/mol. The van der Waals surface area contributed by atoms with Gasteiger partial charge in [-0.25, -0.2) is 9.97 Å². The van der Waals surface area contributed by atoms with Crippen LogP contribution in [-0.4, -0.2) is 15.9 Å². The van der Waals surface area contributed by atoms with Crippen LogP contribution in [0.2, 0.25) is 0 Å². The predicted octanol–water partition coefficient (Wildman–Crippen LogP) is 1.36. The Morgan fingerprint density at radius 2 is 2.24 bits per heavy atom. The van der Waals surface area contributed by atoms with E-state index in [2.05, 4.69) is 15.3 Å². The Morgan fingerprint density at radius 1 is 1.41 bits per heavy atom. The Kier molecular flexibility index (Phi) is 3.34. The highest BCUT2D eigenvalue weighted by molar-refractivity contribution is 7.11. The maximum Gasteiger partial charge on any atom is 0.253 e. The van der Waals surface area contributed by atoms with E-state index in [1.807, 2.05) is 6.92 Å². The third-order valence-corrected chi connectivity index (χ3v) is 3.05. The number of nitrogen functional groups attached to an aromatic ring is 1. The zero-order valence-corrected chi connectivity index (χ0v) is 10.1. The second-order valence-corrected chi connectivity index (χ2v) is 4.82. The third-order valence-electron chi connectivity index (χ3n) is 2.14. The molecule has 0 saturated carbocycles. The number of hydrogen-bond donors (Lipinski definition) is 2. The number of nitrogens with two attached hydrogens (primary N) is 1. The minimum atomic E-state index is -0.163. The van der Waals surface area contributed by atoms with E-state index in [1.54, 1.807) is 29.7 Å². The van der Waals surface area contributed by atoms with Gasteiger partial charge in [-0.3, -0.25) is 4.79 Å². The molecule has 0 fully saturated rings. The molecule has 2 aromatic heterocycles. The van der Waals surface area contributed by atoms with Gasteiger partial charge in [-0.1, -0.05) is 0 Å². The smallest absolute Gasteiger partial charge is 0.253 e. The maximum atomic E-state index is 11.7. The number of nitrogens with one attached hydrogen (secondary N) is 1. The van der Waals surface area contributed by atoms with Gasteiger partial charge in [-0.15, -0.1) is 11.3 Å². The van der Waals surface area contributed by atoms with Crippen molar-refractivity contribution in [3.8, 4) is 0 Å². The van der Waals surface area contributed by atoms with E-state index in [9.17, 15) is 4.79 Å². The fourth-order valence-electron chi connectivity index (χ4n) is 1.30. The van der Waals surface area contributed by atoms with Gasteiger partial charge in [0, 0.05) is 17.3 Å². The van der Waals surface area contributed by atoms with Gasteiger partial charge in [0.1, 0.15) is 5.82 Å². The molecule has 0 unspecified atom stereocenters. The molecule has 0 bridgehead atoms. The molecule has 2 heterocycles. The summed E-state index contributed by atoms with van der Waals surface area (Å²) in [6.45, 7) is 2.41. The van der Waals surface area contributed by atoms with E-state index >= 15 is 0 Å². The molecule has 17 heavy (non-hydrogen) atoms. The number of pyridine rings is 1. The van der Waals surface area contributed by atoms with Gasteiger partial charge in [-0.2, -0.15) is 0 Å². The SMILES string of the molecule is Cc1ncc(CNC(=O)c2ccc(N)nc2)s1. The van der Waals surface area contributed by atoms with E-state index in [4.69, 9.17) is 5.73 Å². The first-order chi connectivity index (χ1) is 8.15. The summed E-state index contributed by atoms with van der Waals surface area (Å²) in [7, 11) is 0. The molecule has 3 N–H and O–H groups in total. The van der Waals surface area contributed by atoms with E-state index in [1.165, 1.54) is 6.20 Å². The molecule has 0 aromatic carbocycles. The number of thiazole rings is 1. The quantitative estimate of drug-likeness (QED) is 0.859. The van der Waals surface area contributed by atoms with Crippen molar-refractivity contribution in [1.82, 2.24) is 15.3 Å². The summed E-state index contributed by atoms with van der Waals surface area (Å²) in [5, 5.41) is 3.79. The highest BCUT2D eigenvalue weighted by Crippen LogP contribution is 2.11. The zero-order valence-electron chi connectivity index (χ0n) is 9.30. The van der Waals surface area contributed by atoms with E-state index in [-0.39, 0.29) is 5.91 Å². The largest absolute Gasteiger partial charge is 0.384 e. The van der Waals surface area contributed by atoms with Gasteiger partial charge >= 0.3 is 0 Å². The lowest BCUT2D eigenvalue weighted by molar-refractivity contribution is 0.0951. The van der Waals surface area contributed by atoms with Gasteiger partial charge in [0.05, 0.1) is 17.1 Å². The van der Waals surface area contributed by atoms with E-state index in [0.29, 0.717) is 17.9 Å². The molecular formula is C11H12N4OS. The Labute approximate surface area is 103 Å². The first kappa shape index (κ1) is 11.5. The number of amides is 1. The number of carbonyl (C=O) groups excluding carboxylic acids is 1. The number of hydrogen-bond acceptors (Lipinski definition) is 5. The molecule has 2 aromatic rings.